The number of aryl methyl sites for hydroxylation is 1. The quantitative estimate of drug-likeness (QED) is 0.796. The summed E-state index contributed by atoms with van der Waals surface area (Å²) in [6, 6.07) is 8.89. The number of hydrogen-bond acceptors (Lipinski definition) is 5. The highest BCUT2D eigenvalue weighted by Crippen LogP contribution is 2.41. The third-order valence-corrected chi connectivity index (χ3v) is 6.12. The van der Waals surface area contributed by atoms with Crippen LogP contribution < -0.4 is 16.0 Å². The Balaban J connectivity index is 1.90. The molecule has 150 valence electrons. The Morgan fingerprint density at radius 2 is 2.10 bits per heavy atom. The van der Waals surface area contributed by atoms with Crippen LogP contribution >= 0.6 is 23.2 Å². The van der Waals surface area contributed by atoms with Crippen molar-refractivity contribution in [2.24, 2.45) is 5.73 Å². The molecule has 2 aromatic rings. The molecule has 2 N–H and O–H groups in total. The number of fused-ring (bicyclic) bond motifs is 1. The SMILES string of the molecule is Cc1cc2c(c(=O)n1C[C@H]1CCCO1)[C@@H](c1ccc(Cl)c(Cl)c1)C(C#N)=C(N)O2. The van der Waals surface area contributed by atoms with Crippen LogP contribution in [0.15, 0.2) is 40.5 Å². The number of allylic oxidation sites excluding steroid dienone is 1. The number of rotatable bonds is 3. The van der Waals surface area contributed by atoms with Gasteiger partial charge in [-0.3, -0.25) is 4.79 Å². The van der Waals surface area contributed by atoms with Crippen LogP contribution in [0.4, 0.5) is 0 Å². The van der Waals surface area contributed by atoms with Crippen molar-refractivity contribution in [3.8, 4) is 11.8 Å². The fourth-order valence-corrected chi connectivity index (χ4v) is 4.24. The number of aromatic nitrogens is 1. The molecule has 1 fully saturated rings. The molecule has 4 rings (SSSR count). The third kappa shape index (κ3) is 3.51. The summed E-state index contributed by atoms with van der Waals surface area (Å²) in [6.45, 7) is 3.00. The zero-order valence-corrected chi connectivity index (χ0v) is 17.3. The maximum Gasteiger partial charge on any atom is 0.258 e. The van der Waals surface area contributed by atoms with E-state index in [1.54, 1.807) is 28.8 Å². The zero-order valence-electron chi connectivity index (χ0n) is 15.7. The van der Waals surface area contributed by atoms with Crippen LogP contribution in [-0.2, 0) is 11.3 Å². The van der Waals surface area contributed by atoms with Gasteiger partial charge in [0.2, 0.25) is 5.88 Å². The van der Waals surface area contributed by atoms with Gasteiger partial charge in [-0.15, -0.1) is 0 Å². The number of nitrogens with two attached hydrogens (primary N) is 1. The Kier molecular flexibility index (Phi) is 5.30. The Hall–Kier alpha value is -2.46. The minimum Gasteiger partial charge on any atom is -0.440 e. The van der Waals surface area contributed by atoms with E-state index >= 15 is 0 Å². The predicted octanol–water partition coefficient (Wildman–Crippen LogP) is 3.86. The Labute approximate surface area is 178 Å². The minimum absolute atomic E-state index is 0.00608. The first kappa shape index (κ1) is 19.8. The summed E-state index contributed by atoms with van der Waals surface area (Å²) < 4.78 is 13.0. The van der Waals surface area contributed by atoms with Crippen molar-refractivity contribution >= 4 is 23.2 Å². The number of benzene rings is 1. The van der Waals surface area contributed by atoms with E-state index in [0.29, 0.717) is 40.1 Å². The van der Waals surface area contributed by atoms with Gasteiger partial charge in [-0.2, -0.15) is 5.26 Å². The van der Waals surface area contributed by atoms with Crippen molar-refractivity contribution in [1.82, 2.24) is 4.57 Å². The first-order valence-electron chi connectivity index (χ1n) is 9.29. The number of hydrogen-bond donors (Lipinski definition) is 1. The van der Waals surface area contributed by atoms with Crippen molar-refractivity contribution in [1.29, 1.82) is 5.26 Å². The molecule has 0 amide bonds. The van der Waals surface area contributed by atoms with E-state index < -0.39 is 5.92 Å². The lowest BCUT2D eigenvalue weighted by atomic mass is 9.84. The lowest BCUT2D eigenvalue weighted by molar-refractivity contribution is 0.0955. The fourth-order valence-electron chi connectivity index (χ4n) is 3.93. The van der Waals surface area contributed by atoms with Gasteiger partial charge < -0.3 is 19.8 Å². The molecule has 0 aliphatic carbocycles. The first-order valence-corrected chi connectivity index (χ1v) is 10.0. The molecule has 2 atom stereocenters. The molecule has 8 heteroatoms. The number of pyridine rings is 1. The van der Waals surface area contributed by atoms with E-state index in [1.807, 2.05) is 6.92 Å². The Bertz CT molecular complexity index is 1110. The van der Waals surface area contributed by atoms with Gasteiger partial charge in [0.1, 0.15) is 17.4 Å². The van der Waals surface area contributed by atoms with Crippen LogP contribution in [0.2, 0.25) is 10.0 Å². The molecule has 1 saturated heterocycles. The second kappa shape index (κ2) is 7.75. The van der Waals surface area contributed by atoms with Crippen molar-refractivity contribution in [3.63, 3.8) is 0 Å². The summed E-state index contributed by atoms with van der Waals surface area (Å²) in [5.74, 6) is -0.363. The van der Waals surface area contributed by atoms with Gasteiger partial charge in [-0.1, -0.05) is 29.3 Å². The molecular weight excluding hydrogens is 413 g/mol. The molecule has 0 saturated carbocycles. The lowest BCUT2D eigenvalue weighted by Gasteiger charge is -2.28. The standard InChI is InChI=1S/C21H19Cl2N3O3/c1-11-7-17-19(21(27)26(11)10-13-3-2-6-28-13)18(14(9-24)20(25)29-17)12-4-5-15(22)16(23)8-12/h4-5,7-8,13,18H,2-3,6,10,25H2,1H3/t13-,18+/m1/s1. The lowest BCUT2D eigenvalue weighted by Crippen LogP contribution is -2.35. The highest BCUT2D eigenvalue weighted by molar-refractivity contribution is 6.42. The first-order chi connectivity index (χ1) is 13.9. The van der Waals surface area contributed by atoms with Gasteiger partial charge in [0.25, 0.3) is 5.56 Å². The van der Waals surface area contributed by atoms with E-state index in [1.165, 1.54) is 0 Å². The van der Waals surface area contributed by atoms with E-state index in [9.17, 15) is 10.1 Å². The average molecular weight is 432 g/mol. The van der Waals surface area contributed by atoms with Crippen molar-refractivity contribution in [3.05, 3.63) is 72.9 Å². The van der Waals surface area contributed by atoms with Crippen LogP contribution in [0.3, 0.4) is 0 Å². The van der Waals surface area contributed by atoms with Gasteiger partial charge in [-0.25, -0.2) is 0 Å². The Morgan fingerprint density at radius 1 is 1.31 bits per heavy atom. The molecule has 0 bridgehead atoms. The second-order valence-corrected chi connectivity index (χ2v) is 8.03. The van der Waals surface area contributed by atoms with Gasteiger partial charge >= 0.3 is 0 Å². The Morgan fingerprint density at radius 3 is 2.76 bits per heavy atom. The number of ether oxygens (including phenoxy) is 2. The molecule has 0 spiro atoms. The molecule has 0 unspecified atom stereocenters. The van der Waals surface area contributed by atoms with E-state index in [2.05, 4.69) is 6.07 Å². The van der Waals surface area contributed by atoms with E-state index in [-0.39, 0.29) is 23.1 Å². The summed E-state index contributed by atoms with van der Waals surface area (Å²) in [5.41, 5.74) is 7.70. The summed E-state index contributed by atoms with van der Waals surface area (Å²) in [6.07, 6.45) is 1.89. The molecule has 29 heavy (non-hydrogen) atoms. The van der Waals surface area contributed by atoms with Gasteiger partial charge in [0.15, 0.2) is 0 Å². The normalized spacial score (nSPS) is 20.9. The smallest absolute Gasteiger partial charge is 0.258 e. The largest absolute Gasteiger partial charge is 0.440 e. The predicted molar refractivity (Wildman–Crippen MR) is 110 cm³/mol. The minimum atomic E-state index is -0.692. The molecule has 3 heterocycles. The molecular formula is C21H19Cl2N3O3. The molecule has 0 radical (unpaired) electrons. The van der Waals surface area contributed by atoms with Gasteiger partial charge in [0.05, 0.1) is 34.2 Å². The fraction of sp³-hybridized carbons (Fsp3) is 0.333. The molecule has 6 nitrogen and oxygen atoms in total. The molecule has 1 aromatic heterocycles. The van der Waals surface area contributed by atoms with Crippen molar-refractivity contribution in [2.75, 3.05) is 6.61 Å². The number of nitriles is 1. The van der Waals surface area contributed by atoms with Crippen LogP contribution in [0, 0.1) is 18.3 Å². The molecule has 1 aromatic carbocycles. The van der Waals surface area contributed by atoms with Crippen LogP contribution in [0.1, 0.15) is 35.6 Å². The van der Waals surface area contributed by atoms with Crippen molar-refractivity contribution in [2.45, 2.75) is 38.3 Å². The topological polar surface area (TPSA) is 90.3 Å². The van der Waals surface area contributed by atoms with Crippen LogP contribution in [0.25, 0.3) is 0 Å². The molecule has 2 aliphatic heterocycles. The summed E-state index contributed by atoms with van der Waals surface area (Å²) in [7, 11) is 0. The highest BCUT2D eigenvalue weighted by Gasteiger charge is 2.35. The van der Waals surface area contributed by atoms with Crippen molar-refractivity contribution < 1.29 is 9.47 Å². The van der Waals surface area contributed by atoms with Crippen LogP contribution in [-0.4, -0.2) is 17.3 Å². The summed E-state index contributed by atoms with van der Waals surface area (Å²) >= 11 is 12.3. The summed E-state index contributed by atoms with van der Waals surface area (Å²) in [5, 5.41) is 10.5. The third-order valence-electron chi connectivity index (χ3n) is 5.38. The maximum absolute atomic E-state index is 13.5. The van der Waals surface area contributed by atoms with E-state index in [4.69, 9.17) is 38.4 Å². The zero-order chi connectivity index (χ0) is 20.7. The van der Waals surface area contributed by atoms with Gasteiger partial charge in [0, 0.05) is 18.4 Å². The second-order valence-electron chi connectivity index (χ2n) is 7.21. The highest BCUT2D eigenvalue weighted by atomic mass is 35.5. The molecule has 2 aliphatic rings. The van der Waals surface area contributed by atoms with E-state index in [0.717, 1.165) is 18.5 Å². The number of nitrogens with zero attached hydrogens (tertiary/aromatic N) is 2. The average Bonchev–Trinajstić information content (AvgIpc) is 3.19. The monoisotopic (exact) mass is 431 g/mol. The number of halogens is 2. The van der Waals surface area contributed by atoms with Gasteiger partial charge in [-0.05, 0) is 37.5 Å². The summed E-state index contributed by atoms with van der Waals surface area (Å²) in [4.78, 5) is 13.5. The maximum atomic E-state index is 13.5. The van der Waals surface area contributed by atoms with Crippen LogP contribution in [0.5, 0.6) is 5.75 Å².